The molecular weight excluding hydrogens is 332 g/mol. The minimum absolute atomic E-state index is 0.342. The number of nitrogens with one attached hydrogen (secondary N) is 2. The van der Waals surface area contributed by atoms with Gasteiger partial charge in [0.1, 0.15) is 5.01 Å². The molecule has 3 aromatic carbocycles. The number of benzene rings is 3. The molecule has 1 heterocycles. The Labute approximate surface area is 148 Å². The van der Waals surface area contributed by atoms with E-state index in [0.29, 0.717) is 5.13 Å². The predicted molar refractivity (Wildman–Crippen MR) is 102 cm³/mol. The van der Waals surface area contributed by atoms with Crippen LogP contribution in [0.2, 0.25) is 0 Å². The standard InChI is InChI=1S/C19H14N4OS/c24-18(20-16-11-10-13-6-4-5-9-15(13)12-16)21-19-23-22-17(25-19)14-7-2-1-3-8-14/h1-12H,(H2,20,21,23,24). The van der Waals surface area contributed by atoms with E-state index in [4.69, 9.17) is 0 Å². The normalized spacial score (nSPS) is 10.6. The number of urea groups is 1. The predicted octanol–water partition coefficient (Wildman–Crippen LogP) is 5.00. The van der Waals surface area contributed by atoms with Crippen molar-refractivity contribution in [1.82, 2.24) is 10.2 Å². The van der Waals surface area contributed by atoms with Gasteiger partial charge < -0.3 is 5.32 Å². The maximum absolute atomic E-state index is 12.2. The van der Waals surface area contributed by atoms with Crippen LogP contribution in [-0.4, -0.2) is 16.2 Å². The van der Waals surface area contributed by atoms with Crippen LogP contribution in [0.5, 0.6) is 0 Å². The van der Waals surface area contributed by atoms with E-state index in [-0.39, 0.29) is 6.03 Å². The van der Waals surface area contributed by atoms with Gasteiger partial charge in [-0.25, -0.2) is 4.79 Å². The molecule has 1 aromatic heterocycles. The van der Waals surface area contributed by atoms with Crippen LogP contribution in [0.4, 0.5) is 15.6 Å². The summed E-state index contributed by atoms with van der Waals surface area (Å²) in [5.41, 5.74) is 1.70. The molecule has 0 bridgehead atoms. The van der Waals surface area contributed by atoms with Gasteiger partial charge in [-0.05, 0) is 22.9 Å². The van der Waals surface area contributed by atoms with E-state index in [1.165, 1.54) is 11.3 Å². The molecule has 0 fully saturated rings. The molecule has 0 aliphatic carbocycles. The Morgan fingerprint density at radius 1 is 0.800 bits per heavy atom. The van der Waals surface area contributed by atoms with Gasteiger partial charge in [0.05, 0.1) is 0 Å². The zero-order chi connectivity index (χ0) is 17.1. The lowest BCUT2D eigenvalue weighted by Gasteiger charge is -2.06. The molecule has 0 unspecified atom stereocenters. The third-order valence-electron chi connectivity index (χ3n) is 3.67. The number of hydrogen-bond acceptors (Lipinski definition) is 4. The van der Waals surface area contributed by atoms with Crippen molar-refractivity contribution in [2.75, 3.05) is 10.6 Å². The Hall–Kier alpha value is -3.25. The number of amides is 2. The van der Waals surface area contributed by atoms with E-state index >= 15 is 0 Å². The summed E-state index contributed by atoms with van der Waals surface area (Å²) in [6.07, 6.45) is 0. The number of carbonyl (C=O) groups excluding carboxylic acids is 1. The van der Waals surface area contributed by atoms with Gasteiger partial charge in [-0.1, -0.05) is 72.0 Å². The number of anilines is 2. The van der Waals surface area contributed by atoms with Crippen molar-refractivity contribution in [3.8, 4) is 10.6 Å². The van der Waals surface area contributed by atoms with Crippen LogP contribution in [0.25, 0.3) is 21.3 Å². The molecule has 2 amide bonds. The highest BCUT2D eigenvalue weighted by Crippen LogP contribution is 2.26. The smallest absolute Gasteiger partial charge is 0.308 e. The van der Waals surface area contributed by atoms with Crippen molar-refractivity contribution in [2.45, 2.75) is 0 Å². The molecule has 0 aliphatic rings. The third kappa shape index (κ3) is 3.49. The Kier molecular flexibility index (Phi) is 4.10. The molecule has 4 rings (SSSR count). The van der Waals surface area contributed by atoms with Gasteiger partial charge in [-0.3, -0.25) is 5.32 Å². The van der Waals surface area contributed by atoms with Crippen molar-refractivity contribution >= 4 is 39.0 Å². The highest BCUT2D eigenvalue weighted by atomic mass is 32.1. The number of nitrogens with zero attached hydrogens (tertiary/aromatic N) is 2. The van der Waals surface area contributed by atoms with Crippen molar-refractivity contribution < 1.29 is 4.79 Å². The van der Waals surface area contributed by atoms with Crippen molar-refractivity contribution in [2.24, 2.45) is 0 Å². The fourth-order valence-corrected chi connectivity index (χ4v) is 3.24. The maximum atomic E-state index is 12.2. The molecule has 2 N–H and O–H groups in total. The molecule has 0 saturated carbocycles. The van der Waals surface area contributed by atoms with Crippen LogP contribution in [0.15, 0.2) is 72.8 Å². The first kappa shape index (κ1) is 15.3. The number of aromatic nitrogens is 2. The van der Waals surface area contributed by atoms with Crippen molar-refractivity contribution in [3.63, 3.8) is 0 Å². The summed E-state index contributed by atoms with van der Waals surface area (Å²) in [5, 5.41) is 17.1. The van der Waals surface area contributed by atoms with Gasteiger partial charge in [0, 0.05) is 11.3 Å². The number of hydrogen-bond donors (Lipinski definition) is 2. The van der Waals surface area contributed by atoms with E-state index in [0.717, 1.165) is 27.0 Å². The average molecular weight is 346 g/mol. The summed E-state index contributed by atoms with van der Waals surface area (Å²) in [6.45, 7) is 0. The quantitative estimate of drug-likeness (QED) is 0.548. The summed E-state index contributed by atoms with van der Waals surface area (Å²) in [4.78, 5) is 12.2. The number of fused-ring (bicyclic) bond motifs is 1. The van der Waals surface area contributed by atoms with Crippen molar-refractivity contribution in [1.29, 1.82) is 0 Å². The van der Waals surface area contributed by atoms with Crippen LogP contribution in [0.3, 0.4) is 0 Å². The van der Waals surface area contributed by atoms with Crippen molar-refractivity contribution in [3.05, 3.63) is 72.8 Å². The molecule has 122 valence electrons. The van der Waals surface area contributed by atoms with E-state index in [9.17, 15) is 4.79 Å². The average Bonchev–Trinajstić information content (AvgIpc) is 3.10. The Morgan fingerprint density at radius 3 is 2.40 bits per heavy atom. The largest absolute Gasteiger partial charge is 0.325 e. The van der Waals surface area contributed by atoms with Crippen LogP contribution in [0, 0.1) is 0 Å². The lowest BCUT2D eigenvalue weighted by Crippen LogP contribution is -2.19. The number of carbonyl (C=O) groups is 1. The molecule has 5 nitrogen and oxygen atoms in total. The Bertz CT molecular complexity index is 1030. The summed E-state index contributed by atoms with van der Waals surface area (Å²) in [5.74, 6) is 0. The summed E-state index contributed by atoms with van der Waals surface area (Å²) in [6, 6.07) is 23.2. The van der Waals surface area contributed by atoms with Gasteiger partial charge in [-0.15, -0.1) is 10.2 Å². The zero-order valence-corrected chi connectivity index (χ0v) is 14.0. The second-order valence-corrected chi connectivity index (χ2v) is 6.40. The lowest BCUT2D eigenvalue weighted by molar-refractivity contribution is 0.262. The van der Waals surface area contributed by atoms with E-state index in [1.54, 1.807) is 0 Å². The first-order valence-corrected chi connectivity index (χ1v) is 8.55. The maximum Gasteiger partial charge on any atom is 0.325 e. The second kappa shape index (κ2) is 6.70. The van der Waals surface area contributed by atoms with Crippen LogP contribution >= 0.6 is 11.3 Å². The number of rotatable bonds is 3. The fraction of sp³-hybridized carbons (Fsp3) is 0. The molecule has 0 atom stereocenters. The lowest BCUT2D eigenvalue weighted by atomic mass is 10.1. The van der Waals surface area contributed by atoms with Crippen LogP contribution in [0.1, 0.15) is 0 Å². The topological polar surface area (TPSA) is 66.9 Å². The summed E-state index contributed by atoms with van der Waals surface area (Å²) < 4.78 is 0. The summed E-state index contributed by atoms with van der Waals surface area (Å²) in [7, 11) is 0. The van der Waals surface area contributed by atoms with Crippen LogP contribution < -0.4 is 10.6 Å². The molecule has 0 saturated heterocycles. The third-order valence-corrected chi connectivity index (χ3v) is 4.56. The first-order chi connectivity index (χ1) is 12.3. The van der Waals surface area contributed by atoms with E-state index < -0.39 is 0 Å². The highest BCUT2D eigenvalue weighted by Gasteiger charge is 2.09. The highest BCUT2D eigenvalue weighted by molar-refractivity contribution is 7.18. The van der Waals surface area contributed by atoms with Gasteiger partial charge in [0.15, 0.2) is 0 Å². The van der Waals surface area contributed by atoms with Crippen LogP contribution in [-0.2, 0) is 0 Å². The molecule has 0 aliphatic heterocycles. The molecule has 4 aromatic rings. The molecule has 0 spiro atoms. The Balaban J connectivity index is 1.46. The summed E-state index contributed by atoms with van der Waals surface area (Å²) >= 11 is 1.33. The molecule has 0 radical (unpaired) electrons. The monoisotopic (exact) mass is 346 g/mol. The molecular formula is C19H14N4OS. The first-order valence-electron chi connectivity index (χ1n) is 7.74. The van der Waals surface area contributed by atoms with Gasteiger partial charge >= 0.3 is 6.03 Å². The minimum Gasteiger partial charge on any atom is -0.308 e. The van der Waals surface area contributed by atoms with E-state index in [2.05, 4.69) is 20.8 Å². The van der Waals surface area contributed by atoms with Gasteiger partial charge in [0.2, 0.25) is 5.13 Å². The van der Waals surface area contributed by atoms with E-state index in [1.807, 2.05) is 72.8 Å². The second-order valence-electron chi connectivity index (χ2n) is 5.42. The fourth-order valence-electron chi connectivity index (χ4n) is 2.50. The van der Waals surface area contributed by atoms with Gasteiger partial charge in [-0.2, -0.15) is 0 Å². The Morgan fingerprint density at radius 2 is 1.56 bits per heavy atom. The SMILES string of the molecule is O=C(Nc1ccc2ccccc2c1)Nc1nnc(-c2ccccc2)s1. The zero-order valence-electron chi connectivity index (χ0n) is 13.1. The minimum atomic E-state index is -0.342. The molecule has 25 heavy (non-hydrogen) atoms. The molecule has 6 heteroatoms. The van der Waals surface area contributed by atoms with Gasteiger partial charge in [0.25, 0.3) is 0 Å².